The van der Waals surface area contributed by atoms with Crippen molar-refractivity contribution in [2.24, 2.45) is 0 Å². The molecule has 1 N–H and O–H groups in total. The lowest BCUT2D eigenvalue weighted by atomic mass is 10.2. The van der Waals surface area contributed by atoms with E-state index in [0.29, 0.717) is 13.1 Å². The van der Waals surface area contributed by atoms with E-state index in [4.69, 9.17) is 11.6 Å². The molecule has 1 atom stereocenters. The molecule has 130 valence electrons. The van der Waals surface area contributed by atoms with Crippen LogP contribution in [0.5, 0.6) is 0 Å². The van der Waals surface area contributed by atoms with Gasteiger partial charge in [0.1, 0.15) is 5.82 Å². The van der Waals surface area contributed by atoms with Crippen molar-refractivity contribution in [1.29, 1.82) is 0 Å². The number of hydrogen-bond donors (Lipinski definition) is 1. The summed E-state index contributed by atoms with van der Waals surface area (Å²) in [6.45, 7) is 3.76. The van der Waals surface area contributed by atoms with Crippen molar-refractivity contribution in [3.05, 3.63) is 34.6 Å². The molecule has 1 aliphatic rings. The molecule has 0 aliphatic carbocycles. The molecule has 0 bridgehead atoms. The normalized spacial score (nSPS) is 19.0. The van der Waals surface area contributed by atoms with Gasteiger partial charge in [0.2, 0.25) is 0 Å². The minimum Gasteiger partial charge on any atom is -0.315 e. The van der Waals surface area contributed by atoms with Crippen LogP contribution in [0.15, 0.2) is 18.2 Å². The van der Waals surface area contributed by atoms with Crippen molar-refractivity contribution in [2.45, 2.75) is 32.4 Å². The van der Waals surface area contributed by atoms with Gasteiger partial charge in [-0.3, -0.25) is 0 Å². The Morgan fingerprint density at radius 2 is 2.17 bits per heavy atom. The smallest absolute Gasteiger partial charge is 0.282 e. The zero-order chi connectivity index (χ0) is 17.0. The zero-order valence-electron chi connectivity index (χ0n) is 13.4. The Bertz CT molecular complexity index is 615. The minimum absolute atomic E-state index is 0.0570. The second-order valence-electron chi connectivity index (χ2n) is 5.72. The summed E-state index contributed by atoms with van der Waals surface area (Å²) in [5.41, 5.74) is 0.196. The van der Waals surface area contributed by atoms with Crippen LogP contribution in [0, 0.1) is 5.82 Å². The highest BCUT2D eigenvalue weighted by Crippen LogP contribution is 2.23. The highest BCUT2D eigenvalue weighted by Gasteiger charge is 2.34. The van der Waals surface area contributed by atoms with Crippen LogP contribution in [0.4, 0.5) is 4.39 Å². The van der Waals surface area contributed by atoms with E-state index < -0.39 is 16.0 Å². The molecule has 1 aromatic carbocycles. The maximum absolute atomic E-state index is 13.9. The van der Waals surface area contributed by atoms with Crippen LogP contribution in [-0.2, 0) is 16.8 Å². The van der Waals surface area contributed by atoms with E-state index in [0.717, 1.165) is 19.4 Å². The fourth-order valence-electron chi connectivity index (χ4n) is 2.76. The van der Waals surface area contributed by atoms with E-state index in [1.54, 1.807) is 6.07 Å². The lowest BCUT2D eigenvalue weighted by molar-refractivity contribution is 0.301. The number of nitrogens with zero attached hydrogens (tertiary/aromatic N) is 2. The summed E-state index contributed by atoms with van der Waals surface area (Å²) in [5, 5.41) is 3.42. The van der Waals surface area contributed by atoms with Gasteiger partial charge >= 0.3 is 0 Å². The molecule has 2 rings (SSSR count). The number of hydrogen-bond acceptors (Lipinski definition) is 3. The van der Waals surface area contributed by atoms with E-state index in [1.807, 2.05) is 6.92 Å². The van der Waals surface area contributed by atoms with Gasteiger partial charge in [-0.15, -0.1) is 0 Å². The summed E-state index contributed by atoms with van der Waals surface area (Å²) in [7, 11) is -2.22. The average molecular weight is 364 g/mol. The van der Waals surface area contributed by atoms with Crippen molar-refractivity contribution in [3.8, 4) is 0 Å². The molecule has 23 heavy (non-hydrogen) atoms. The Kier molecular flexibility index (Phi) is 6.39. The number of nitrogens with one attached hydrogen (secondary N) is 1. The Balaban J connectivity index is 2.22. The third kappa shape index (κ3) is 4.22. The molecule has 0 saturated carbocycles. The first-order chi connectivity index (χ1) is 10.9. The Morgan fingerprint density at radius 3 is 2.74 bits per heavy atom. The van der Waals surface area contributed by atoms with Crippen LogP contribution in [0.3, 0.4) is 0 Å². The number of halogens is 2. The predicted octanol–water partition coefficient (Wildman–Crippen LogP) is 2.23. The molecule has 1 heterocycles. The standard InChI is InChI=1S/C15H23ClFN3O2S/c1-3-9-20(12-7-8-18-10-12)23(21,22)19(2)11-13-14(16)5-4-6-15(13)17/h4-6,12,18H,3,7-11H2,1-2H3. The fraction of sp³-hybridized carbons (Fsp3) is 0.600. The molecule has 1 unspecified atom stereocenters. The Labute approximate surface area is 142 Å². The van der Waals surface area contributed by atoms with Crippen molar-refractivity contribution >= 4 is 21.8 Å². The SMILES string of the molecule is CCCN(C1CCNC1)S(=O)(=O)N(C)Cc1c(F)cccc1Cl. The monoisotopic (exact) mass is 363 g/mol. The first kappa shape index (κ1) is 18.6. The third-order valence-corrected chi connectivity index (χ3v) is 6.36. The first-order valence-electron chi connectivity index (χ1n) is 7.74. The lowest BCUT2D eigenvalue weighted by Crippen LogP contribution is -2.48. The predicted molar refractivity (Wildman–Crippen MR) is 90.1 cm³/mol. The molecule has 0 amide bonds. The fourth-order valence-corrected chi connectivity index (χ4v) is 4.60. The van der Waals surface area contributed by atoms with Gasteiger partial charge in [-0.2, -0.15) is 17.0 Å². The van der Waals surface area contributed by atoms with Crippen molar-refractivity contribution < 1.29 is 12.8 Å². The lowest BCUT2D eigenvalue weighted by Gasteiger charge is -2.31. The van der Waals surface area contributed by atoms with Crippen LogP contribution >= 0.6 is 11.6 Å². The van der Waals surface area contributed by atoms with Crippen molar-refractivity contribution in [2.75, 3.05) is 26.7 Å². The van der Waals surface area contributed by atoms with Gasteiger partial charge < -0.3 is 5.32 Å². The van der Waals surface area contributed by atoms with Gasteiger partial charge in [0, 0.05) is 43.3 Å². The molecule has 1 saturated heterocycles. The molecular formula is C15H23ClFN3O2S. The van der Waals surface area contributed by atoms with E-state index >= 15 is 0 Å². The highest BCUT2D eigenvalue weighted by atomic mass is 35.5. The van der Waals surface area contributed by atoms with Crippen LogP contribution in [0.25, 0.3) is 0 Å². The van der Waals surface area contributed by atoms with Gasteiger partial charge in [-0.1, -0.05) is 24.6 Å². The molecule has 1 aromatic rings. The molecule has 0 spiro atoms. The summed E-state index contributed by atoms with van der Waals surface area (Å²) in [5.74, 6) is -0.496. The summed E-state index contributed by atoms with van der Waals surface area (Å²) in [6.07, 6.45) is 1.51. The van der Waals surface area contributed by atoms with Crippen LogP contribution < -0.4 is 5.32 Å². The average Bonchev–Trinajstić information content (AvgIpc) is 3.02. The number of rotatable bonds is 7. The van der Waals surface area contributed by atoms with Gasteiger partial charge in [0.25, 0.3) is 10.2 Å². The van der Waals surface area contributed by atoms with E-state index in [2.05, 4.69) is 5.32 Å². The summed E-state index contributed by atoms with van der Waals surface area (Å²) in [4.78, 5) is 0. The quantitative estimate of drug-likeness (QED) is 0.808. The minimum atomic E-state index is -3.68. The second kappa shape index (κ2) is 7.90. The van der Waals surface area contributed by atoms with Crippen LogP contribution in [0.1, 0.15) is 25.3 Å². The van der Waals surface area contributed by atoms with Gasteiger partial charge in [0.05, 0.1) is 0 Å². The molecule has 0 radical (unpaired) electrons. The molecule has 5 nitrogen and oxygen atoms in total. The van der Waals surface area contributed by atoms with Crippen molar-refractivity contribution in [3.63, 3.8) is 0 Å². The van der Waals surface area contributed by atoms with E-state index in [1.165, 1.54) is 27.8 Å². The largest absolute Gasteiger partial charge is 0.315 e. The van der Waals surface area contributed by atoms with E-state index in [9.17, 15) is 12.8 Å². The van der Waals surface area contributed by atoms with Gasteiger partial charge in [0.15, 0.2) is 0 Å². The highest BCUT2D eigenvalue weighted by molar-refractivity contribution is 7.86. The topological polar surface area (TPSA) is 52.7 Å². The van der Waals surface area contributed by atoms with Gasteiger partial charge in [-0.05, 0) is 31.5 Å². The third-order valence-electron chi connectivity index (χ3n) is 4.02. The van der Waals surface area contributed by atoms with Crippen LogP contribution in [0.2, 0.25) is 5.02 Å². The Hall–Kier alpha value is -0.730. The molecule has 1 aliphatic heterocycles. The first-order valence-corrected chi connectivity index (χ1v) is 9.52. The molecular weight excluding hydrogens is 341 g/mol. The van der Waals surface area contributed by atoms with Gasteiger partial charge in [-0.25, -0.2) is 4.39 Å². The van der Waals surface area contributed by atoms with Crippen molar-refractivity contribution in [1.82, 2.24) is 13.9 Å². The maximum atomic E-state index is 13.9. The number of benzene rings is 1. The summed E-state index contributed by atoms with van der Waals surface area (Å²) >= 11 is 6.01. The Morgan fingerprint density at radius 1 is 1.43 bits per heavy atom. The summed E-state index contributed by atoms with van der Waals surface area (Å²) < 4.78 is 42.4. The molecule has 8 heteroatoms. The zero-order valence-corrected chi connectivity index (χ0v) is 15.0. The van der Waals surface area contributed by atoms with Crippen LogP contribution in [-0.4, -0.2) is 49.8 Å². The summed E-state index contributed by atoms with van der Waals surface area (Å²) in [6, 6.07) is 4.29. The molecule has 1 fully saturated rings. The maximum Gasteiger partial charge on any atom is 0.282 e. The van der Waals surface area contributed by atoms with E-state index in [-0.39, 0.29) is 23.2 Å². The second-order valence-corrected chi connectivity index (χ2v) is 8.12. The molecule has 0 aromatic heterocycles.